The van der Waals surface area contributed by atoms with Crippen LogP contribution in [0.4, 0.5) is 17.6 Å². The lowest BCUT2D eigenvalue weighted by Gasteiger charge is -2.23. The second-order valence-electron chi connectivity index (χ2n) is 7.46. The summed E-state index contributed by atoms with van der Waals surface area (Å²) in [6.45, 7) is 2.59. The van der Waals surface area contributed by atoms with E-state index >= 15 is 0 Å². The highest BCUT2D eigenvalue weighted by Gasteiger charge is 2.39. The molecule has 0 unspecified atom stereocenters. The van der Waals surface area contributed by atoms with E-state index in [1.54, 1.807) is 11.4 Å². The van der Waals surface area contributed by atoms with E-state index in [2.05, 4.69) is 20.6 Å². The van der Waals surface area contributed by atoms with Gasteiger partial charge in [-0.05, 0) is 38.3 Å². The van der Waals surface area contributed by atoms with Crippen LogP contribution in [0.5, 0.6) is 0 Å². The second kappa shape index (κ2) is 7.22. The monoisotopic (exact) mass is 415 g/mol. The van der Waals surface area contributed by atoms with Crippen molar-refractivity contribution in [3.63, 3.8) is 0 Å². The van der Waals surface area contributed by atoms with Gasteiger partial charge in [0.05, 0.1) is 12.0 Å². The van der Waals surface area contributed by atoms with Gasteiger partial charge < -0.3 is 15.0 Å². The fourth-order valence-corrected chi connectivity index (χ4v) is 4.05. The Bertz CT molecular complexity index is 1040. The molecule has 1 aliphatic carbocycles. The highest BCUT2D eigenvalue weighted by molar-refractivity contribution is 6.21. The minimum Gasteiger partial charge on any atom is -0.464 e. The van der Waals surface area contributed by atoms with Crippen molar-refractivity contribution in [2.45, 2.75) is 43.5 Å². The SMILES string of the molecule is CCOC(=O)[C@@H]1C[C@H](Cl)CN1c1nc(Nc2cc(C3CC3)[nH]n2)c2cccn2n1. The number of halogens is 1. The number of carbonyl (C=O) groups excluding carboxylic acids is 1. The van der Waals surface area contributed by atoms with E-state index in [1.165, 1.54) is 12.8 Å². The number of esters is 1. The number of H-pyrrole nitrogens is 1. The molecule has 10 heteroatoms. The number of aromatic amines is 1. The topological polar surface area (TPSA) is 100 Å². The summed E-state index contributed by atoms with van der Waals surface area (Å²) in [4.78, 5) is 19.0. The highest BCUT2D eigenvalue weighted by Crippen LogP contribution is 2.39. The van der Waals surface area contributed by atoms with Crippen molar-refractivity contribution in [3.05, 3.63) is 30.1 Å². The van der Waals surface area contributed by atoms with E-state index in [9.17, 15) is 4.79 Å². The van der Waals surface area contributed by atoms with Crippen molar-refractivity contribution >= 4 is 40.7 Å². The molecule has 2 atom stereocenters. The summed E-state index contributed by atoms with van der Waals surface area (Å²) in [5.41, 5.74) is 1.96. The molecular formula is C19H22ClN7O2. The van der Waals surface area contributed by atoms with E-state index in [0.29, 0.717) is 43.1 Å². The van der Waals surface area contributed by atoms with Gasteiger partial charge >= 0.3 is 5.97 Å². The fraction of sp³-hybridized carbons (Fsp3) is 0.474. The van der Waals surface area contributed by atoms with Crippen LogP contribution in [0.15, 0.2) is 24.4 Å². The average molecular weight is 416 g/mol. The van der Waals surface area contributed by atoms with E-state index < -0.39 is 6.04 Å². The van der Waals surface area contributed by atoms with Crippen molar-refractivity contribution < 1.29 is 9.53 Å². The van der Waals surface area contributed by atoms with Crippen LogP contribution in [0.3, 0.4) is 0 Å². The molecule has 9 nitrogen and oxygen atoms in total. The molecule has 0 radical (unpaired) electrons. The summed E-state index contributed by atoms with van der Waals surface area (Å²) in [5, 5.41) is 15.2. The molecule has 2 aliphatic rings. The van der Waals surface area contributed by atoms with Gasteiger partial charge in [0.15, 0.2) is 11.6 Å². The minimum atomic E-state index is -0.495. The Morgan fingerprint density at radius 2 is 2.31 bits per heavy atom. The third-order valence-corrected chi connectivity index (χ3v) is 5.62. The molecule has 2 fully saturated rings. The molecule has 0 spiro atoms. The van der Waals surface area contributed by atoms with Gasteiger partial charge in [0.2, 0.25) is 5.95 Å². The Kier molecular flexibility index (Phi) is 4.54. The molecule has 5 rings (SSSR count). The van der Waals surface area contributed by atoms with Crippen LogP contribution in [-0.4, -0.2) is 55.3 Å². The van der Waals surface area contributed by atoms with Crippen molar-refractivity contribution in [2.24, 2.45) is 0 Å². The lowest BCUT2D eigenvalue weighted by molar-refractivity contribution is -0.144. The van der Waals surface area contributed by atoms with Gasteiger partial charge in [0.1, 0.15) is 11.6 Å². The predicted octanol–water partition coefficient (Wildman–Crippen LogP) is 2.82. The number of fused-ring (bicyclic) bond motifs is 1. The van der Waals surface area contributed by atoms with E-state index in [-0.39, 0.29) is 11.3 Å². The molecule has 4 heterocycles. The van der Waals surface area contributed by atoms with Crippen molar-refractivity contribution in [3.8, 4) is 0 Å². The molecule has 152 valence electrons. The molecule has 2 N–H and O–H groups in total. The highest BCUT2D eigenvalue weighted by atomic mass is 35.5. The maximum atomic E-state index is 12.4. The van der Waals surface area contributed by atoms with Crippen LogP contribution >= 0.6 is 11.6 Å². The third kappa shape index (κ3) is 3.50. The number of rotatable bonds is 6. The number of hydrogen-bond acceptors (Lipinski definition) is 7. The molecule has 3 aromatic rings. The maximum Gasteiger partial charge on any atom is 0.328 e. The van der Waals surface area contributed by atoms with Gasteiger partial charge in [-0.2, -0.15) is 10.1 Å². The molecule has 0 amide bonds. The Labute approximate surface area is 172 Å². The Hall–Kier alpha value is -2.81. The first-order chi connectivity index (χ1) is 14.1. The number of nitrogens with zero attached hydrogens (tertiary/aromatic N) is 5. The smallest absolute Gasteiger partial charge is 0.328 e. The van der Waals surface area contributed by atoms with Crippen LogP contribution in [-0.2, 0) is 9.53 Å². The molecule has 1 saturated heterocycles. The molecule has 3 aromatic heterocycles. The number of hydrogen-bond donors (Lipinski definition) is 2. The van der Waals surface area contributed by atoms with Crippen molar-refractivity contribution in [1.82, 2.24) is 24.8 Å². The lowest BCUT2D eigenvalue weighted by Crippen LogP contribution is -2.38. The number of anilines is 3. The van der Waals surface area contributed by atoms with E-state index in [1.807, 2.05) is 29.3 Å². The summed E-state index contributed by atoms with van der Waals surface area (Å²) in [6.07, 6.45) is 4.75. The van der Waals surface area contributed by atoms with Crippen molar-refractivity contribution in [2.75, 3.05) is 23.4 Å². The van der Waals surface area contributed by atoms with Crippen molar-refractivity contribution in [1.29, 1.82) is 0 Å². The zero-order valence-corrected chi connectivity index (χ0v) is 16.8. The average Bonchev–Trinajstić information content (AvgIpc) is 3.10. The molecule has 0 bridgehead atoms. The Morgan fingerprint density at radius 1 is 1.45 bits per heavy atom. The standard InChI is InChI=1S/C19H22ClN7O2/c1-2-29-18(28)15-8-12(20)10-26(15)19-22-17(14-4-3-7-27(14)25-19)21-16-9-13(23-24-16)11-5-6-11/h3-4,7,9,11-12,15H,2,5-6,8,10H2,1H3,(H2,21,22,23,24,25)/t12-,15-/m0/s1. The summed E-state index contributed by atoms with van der Waals surface area (Å²) in [6, 6.07) is 5.35. The molecular weight excluding hydrogens is 394 g/mol. The molecule has 29 heavy (non-hydrogen) atoms. The summed E-state index contributed by atoms with van der Waals surface area (Å²) in [5.74, 6) is 2.04. The molecule has 0 aromatic carbocycles. The predicted molar refractivity (Wildman–Crippen MR) is 109 cm³/mol. The largest absolute Gasteiger partial charge is 0.464 e. The van der Waals surface area contributed by atoms with E-state index in [0.717, 1.165) is 11.2 Å². The van der Waals surface area contributed by atoms with Gasteiger partial charge in [-0.15, -0.1) is 16.7 Å². The van der Waals surface area contributed by atoms with Gasteiger partial charge in [0.25, 0.3) is 0 Å². The zero-order valence-electron chi connectivity index (χ0n) is 16.0. The number of carbonyl (C=O) groups is 1. The van der Waals surface area contributed by atoms with Crippen LogP contribution in [0, 0.1) is 0 Å². The Morgan fingerprint density at radius 3 is 3.10 bits per heavy atom. The normalized spacial score (nSPS) is 21.7. The third-order valence-electron chi connectivity index (χ3n) is 5.31. The van der Waals surface area contributed by atoms with E-state index in [4.69, 9.17) is 21.3 Å². The maximum absolute atomic E-state index is 12.4. The van der Waals surface area contributed by atoms with Crippen LogP contribution in [0.25, 0.3) is 5.52 Å². The first kappa shape index (κ1) is 18.2. The minimum absolute atomic E-state index is 0.169. The van der Waals surface area contributed by atoms with Gasteiger partial charge in [-0.1, -0.05) is 0 Å². The number of nitrogens with one attached hydrogen (secondary N) is 2. The Balaban J connectivity index is 1.48. The number of ether oxygens (including phenoxy) is 1. The zero-order chi connectivity index (χ0) is 20.0. The van der Waals surface area contributed by atoms with Crippen LogP contribution in [0.1, 0.15) is 37.8 Å². The summed E-state index contributed by atoms with van der Waals surface area (Å²) < 4.78 is 6.96. The molecule has 1 saturated carbocycles. The second-order valence-corrected chi connectivity index (χ2v) is 8.08. The first-order valence-corrected chi connectivity index (χ1v) is 10.3. The summed E-state index contributed by atoms with van der Waals surface area (Å²) >= 11 is 6.36. The number of alkyl halides is 1. The fourth-order valence-electron chi connectivity index (χ4n) is 3.73. The lowest BCUT2D eigenvalue weighted by atomic mass is 10.2. The van der Waals surface area contributed by atoms with Gasteiger partial charge in [0, 0.05) is 30.4 Å². The molecule has 1 aliphatic heterocycles. The summed E-state index contributed by atoms with van der Waals surface area (Å²) in [7, 11) is 0. The first-order valence-electron chi connectivity index (χ1n) is 9.87. The van der Waals surface area contributed by atoms with Crippen LogP contribution < -0.4 is 10.2 Å². The van der Waals surface area contributed by atoms with Gasteiger partial charge in [-0.25, -0.2) is 9.31 Å². The quantitative estimate of drug-likeness (QED) is 0.471. The van der Waals surface area contributed by atoms with Gasteiger partial charge in [-0.3, -0.25) is 5.10 Å². The van der Waals surface area contributed by atoms with Crippen LogP contribution in [0.2, 0.25) is 0 Å². The number of aromatic nitrogens is 5.